The fourth-order valence-corrected chi connectivity index (χ4v) is 2.58. The van der Waals surface area contributed by atoms with E-state index in [9.17, 15) is 12.8 Å². The van der Waals surface area contributed by atoms with Crippen molar-refractivity contribution < 1.29 is 12.8 Å². The zero-order valence-electron chi connectivity index (χ0n) is 9.50. The molecule has 0 saturated carbocycles. The van der Waals surface area contributed by atoms with Crippen molar-refractivity contribution in [1.29, 1.82) is 0 Å². The van der Waals surface area contributed by atoms with Crippen LogP contribution in [0.25, 0.3) is 0 Å². The number of rotatable bonds is 5. The largest absolute Gasteiger partial charge is 0.318 e. The molecule has 0 saturated heterocycles. The van der Waals surface area contributed by atoms with Crippen molar-refractivity contribution >= 4 is 27.3 Å². The number of hydrogen-bond donors (Lipinski definition) is 2. The van der Waals surface area contributed by atoms with Gasteiger partial charge in [-0.15, -0.1) is 0 Å². The topological polar surface area (TPSA) is 58.2 Å². The van der Waals surface area contributed by atoms with Crippen LogP contribution in [0.15, 0.2) is 18.2 Å². The summed E-state index contributed by atoms with van der Waals surface area (Å²) in [6, 6.07) is 3.98. The molecule has 0 amide bonds. The van der Waals surface area contributed by atoms with E-state index in [0.29, 0.717) is 0 Å². The Morgan fingerprint density at radius 2 is 2.12 bits per heavy atom. The summed E-state index contributed by atoms with van der Waals surface area (Å²) in [6.07, 6.45) is 0. The molecule has 0 heterocycles. The molecular weight excluding hydrogens is 267 g/mol. The molecule has 0 aromatic heterocycles. The van der Waals surface area contributed by atoms with Crippen molar-refractivity contribution in [3.8, 4) is 0 Å². The lowest BCUT2D eigenvalue weighted by Gasteiger charge is -2.15. The van der Waals surface area contributed by atoms with E-state index in [1.807, 2.05) is 0 Å². The summed E-state index contributed by atoms with van der Waals surface area (Å²) in [7, 11) is -2.02. The Kier molecular flexibility index (Phi) is 4.73. The third-order valence-electron chi connectivity index (χ3n) is 2.23. The maximum atomic E-state index is 13.4. The third kappa shape index (κ3) is 3.55. The van der Waals surface area contributed by atoms with Gasteiger partial charge in [0.15, 0.2) is 0 Å². The normalized spacial score (nSPS) is 13.4. The predicted molar refractivity (Wildman–Crippen MR) is 67.3 cm³/mol. The Hall–Kier alpha value is -0.850. The molecule has 7 heteroatoms. The molecule has 1 rings (SSSR count). The minimum atomic E-state index is -3.66. The number of sulfonamides is 1. The molecule has 0 spiro atoms. The summed E-state index contributed by atoms with van der Waals surface area (Å²) in [5.74, 6) is -0.697. The van der Waals surface area contributed by atoms with E-state index < -0.39 is 21.1 Å². The number of nitrogens with one attached hydrogen (secondary N) is 2. The second-order valence-electron chi connectivity index (χ2n) is 3.61. The summed E-state index contributed by atoms with van der Waals surface area (Å²) >= 11 is 5.73. The fraction of sp³-hybridized carbons (Fsp3) is 0.400. The summed E-state index contributed by atoms with van der Waals surface area (Å²) in [5.41, 5.74) is -0.211. The predicted octanol–water partition coefficient (Wildman–Crippen LogP) is 1.83. The van der Waals surface area contributed by atoms with Gasteiger partial charge in [0.2, 0.25) is 10.0 Å². The Labute approximate surface area is 105 Å². The minimum absolute atomic E-state index is 0.0326. The number of anilines is 1. The highest BCUT2D eigenvalue weighted by Crippen LogP contribution is 2.26. The van der Waals surface area contributed by atoms with E-state index in [-0.39, 0.29) is 17.3 Å². The summed E-state index contributed by atoms with van der Waals surface area (Å²) in [6.45, 7) is 1.79. The van der Waals surface area contributed by atoms with E-state index in [1.54, 1.807) is 7.05 Å². The summed E-state index contributed by atoms with van der Waals surface area (Å²) in [4.78, 5) is 0. The van der Waals surface area contributed by atoms with Crippen LogP contribution in [0.4, 0.5) is 10.1 Å². The Morgan fingerprint density at radius 3 is 2.65 bits per heavy atom. The molecule has 0 radical (unpaired) electrons. The van der Waals surface area contributed by atoms with Crippen molar-refractivity contribution in [1.82, 2.24) is 5.32 Å². The van der Waals surface area contributed by atoms with E-state index in [2.05, 4.69) is 10.0 Å². The first-order chi connectivity index (χ1) is 7.88. The van der Waals surface area contributed by atoms with Crippen molar-refractivity contribution in [2.24, 2.45) is 0 Å². The Bertz CT molecular complexity index is 473. The second-order valence-corrected chi connectivity index (χ2v) is 6.12. The van der Waals surface area contributed by atoms with Crippen LogP contribution in [0, 0.1) is 5.82 Å². The van der Waals surface area contributed by atoms with Crippen LogP contribution >= 0.6 is 11.6 Å². The first kappa shape index (κ1) is 14.2. The molecule has 0 aliphatic rings. The van der Waals surface area contributed by atoms with E-state index >= 15 is 0 Å². The van der Waals surface area contributed by atoms with Crippen LogP contribution in [0.1, 0.15) is 6.92 Å². The van der Waals surface area contributed by atoms with Gasteiger partial charge in [0, 0.05) is 6.54 Å². The van der Waals surface area contributed by atoms with Crippen LogP contribution in [0.3, 0.4) is 0 Å². The fourth-order valence-electron chi connectivity index (χ4n) is 1.24. The average Bonchev–Trinajstić information content (AvgIpc) is 2.24. The van der Waals surface area contributed by atoms with Crippen molar-refractivity contribution in [3.05, 3.63) is 29.0 Å². The van der Waals surface area contributed by atoms with Gasteiger partial charge in [-0.3, -0.25) is 4.72 Å². The van der Waals surface area contributed by atoms with E-state index in [0.717, 1.165) is 6.07 Å². The number of hydrogen-bond acceptors (Lipinski definition) is 3. The monoisotopic (exact) mass is 280 g/mol. The minimum Gasteiger partial charge on any atom is -0.318 e. The summed E-state index contributed by atoms with van der Waals surface area (Å²) in [5, 5.41) is 2.08. The molecule has 2 N–H and O–H groups in total. The molecule has 1 aromatic carbocycles. The Balaban J connectivity index is 2.98. The standard InChI is InChI=1S/C10H14ClFN2O2S/c1-7(6-13-2)17(15,16)14-10-8(11)4-3-5-9(10)12/h3-5,7,13-14H,6H2,1-2H3. The van der Waals surface area contributed by atoms with Crippen LogP contribution in [-0.2, 0) is 10.0 Å². The highest BCUT2D eigenvalue weighted by Gasteiger charge is 2.22. The van der Waals surface area contributed by atoms with Gasteiger partial charge >= 0.3 is 0 Å². The average molecular weight is 281 g/mol. The first-order valence-corrected chi connectivity index (χ1v) is 6.91. The molecule has 0 aliphatic carbocycles. The van der Waals surface area contributed by atoms with Crippen molar-refractivity contribution in [2.45, 2.75) is 12.2 Å². The highest BCUT2D eigenvalue weighted by molar-refractivity contribution is 7.93. The van der Waals surface area contributed by atoms with Gasteiger partial charge in [-0.05, 0) is 26.1 Å². The number of benzene rings is 1. The van der Waals surface area contributed by atoms with Crippen LogP contribution in [0.5, 0.6) is 0 Å². The molecule has 1 unspecified atom stereocenters. The van der Waals surface area contributed by atoms with Crippen LogP contribution in [-0.4, -0.2) is 27.3 Å². The first-order valence-electron chi connectivity index (χ1n) is 4.98. The van der Waals surface area contributed by atoms with Gasteiger partial charge < -0.3 is 5.32 Å². The van der Waals surface area contributed by atoms with Gasteiger partial charge in [0.25, 0.3) is 0 Å². The maximum Gasteiger partial charge on any atom is 0.236 e. The van der Waals surface area contributed by atoms with Crippen LogP contribution in [0.2, 0.25) is 5.02 Å². The third-order valence-corrected chi connectivity index (χ3v) is 4.26. The molecule has 17 heavy (non-hydrogen) atoms. The van der Waals surface area contributed by atoms with E-state index in [1.165, 1.54) is 19.1 Å². The maximum absolute atomic E-state index is 13.4. The molecule has 1 aromatic rings. The van der Waals surface area contributed by atoms with Gasteiger partial charge in [-0.25, -0.2) is 12.8 Å². The molecule has 0 aliphatic heterocycles. The van der Waals surface area contributed by atoms with Crippen molar-refractivity contribution in [3.63, 3.8) is 0 Å². The second kappa shape index (κ2) is 5.66. The lowest BCUT2D eigenvalue weighted by Crippen LogP contribution is -2.33. The molecular formula is C10H14ClFN2O2S. The lowest BCUT2D eigenvalue weighted by molar-refractivity contribution is 0.582. The quantitative estimate of drug-likeness (QED) is 0.865. The SMILES string of the molecule is CNCC(C)S(=O)(=O)Nc1c(F)cccc1Cl. The zero-order valence-corrected chi connectivity index (χ0v) is 11.1. The van der Waals surface area contributed by atoms with E-state index in [4.69, 9.17) is 11.6 Å². The van der Waals surface area contributed by atoms with Crippen LogP contribution < -0.4 is 10.0 Å². The highest BCUT2D eigenvalue weighted by atomic mass is 35.5. The smallest absolute Gasteiger partial charge is 0.236 e. The molecule has 0 bridgehead atoms. The van der Waals surface area contributed by atoms with Gasteiger partial charge in [0.1, 0.15) is 11.5 Å². The molecule has 0 fully saturated rings. The Morgan fingerprint density at radius 1 is 1.47 bits per heavy atom. The summed E-state index contributed by atoms with van der Waals surface area (Å²) < 4.78 is 39.2. The molecule has 1 atom stereocenters. The van der Waals surface area contributed by atoms with Gasteiger partial charge in [0.05, 0.1) is 10.3 Å². The van der Waals surface area contributed by atoms with Gasteiger partial charge in [-0.1, -0.05) is 17.7 Å². The van der Waals surface area contributed by atoms with Crippen molar-refractivity contribution in [2.75, 3.05) is 18.3 Å². The zero-order chi connectivity index (χ0) is 13.1. The number of para-hydroxylation sites is 1. The lowest BCUT2D eigenvalue weighted by atomic mass is 10.3. The number of halogens is 2. The molecule has 4 nitrogen and oxygen atoms in total. The van der Waals surface area contributed by atoms with Gasteiger partial charge in [-0.2, -0.15) is 0 Å². The molecule has 96 valence electrons.